The van der Waals surface area contributed by atoms with E-state index in [1.54, 1.807) is 18.9 Å². The molecular formula is C18H21NO3S. The Bertz CT molecular complexity index is 587. The van der Waals surface area contributed by atoms with E-state index in [0.29, 0.717) is 18.9 Å². The molecule has 1 amide bonds. The second-order valence-corrected chi connectivity index (χ2v) is 5.84. The van der Waals surface area contributed by atoms with Crippen LogP contribution in [0, 0.1) is 0 Å². The maximum absolute atomic E-state index is 11.7. The fourth-order valence-electron chi connectivity index (χ4n) is 1.92. The predicted molar refractivity (Wildman–Crippen MR) is 94.1 cm³/mol. The predicted octanol–water partition coefficient (Wildman–Crippen LogP) is 3.12. The number of benzene rings is 2. The number of hydrogen-bond acceptors (Lipinski definition) is 4. The zero-order valence-electron chi connectivity index (χ0n) is 13.2. The summed E-state index contributed by atoms with van der Waals surface area (Å²) in [5.41, 5.74) is 1.23. The highest BCUT2D eigenvalue weighted by atomic mass is 32.2. The van der Waals surface area contributed by atoms with Crippen molar-refractivity contribution in [3.8, 4) is 11.5 Å². The lowest BCUT2D eigenvalue weighted by Crippen LogP contribution is -2.29. The SMILES string of the molecule is COc1ccc(OCCNC(=O)CSCc2ccccc2)cc1. The fourth-order valence-corrected chi connectivity index (χ4v) is 2.74. The van der Waals surface area contributed by atoms with E-state index in [4.69, 9.17) is 9.47 Å². The number of amides is 1. The largest absolute Gasteiger partial charge is 0.497 e. The Hall–Kier alpha value is -2.14. The maximum Gasteiger partial charge on any atom is 0.230 e. The number of rotatable bonds is 9. The van der Waals surface area contributed by atoms with Crippen molar-refractivity contribution >= 4 is 17.7 Å². The Labute approximate surface area is 141 Å². The molecule has 2 aromatic rings. The van der Waals surface area contributed by atoms with Crippen molar-refractivity contribution in [1.82, 2.24) is 5.32 Å². The summed E-state index contributed by atoms with van der Waals surface area (Å²) in [4.78, 5) is 11.7. The quantitative estimate of drug-likeness (QED) is 0.717. The third kappa shape index (κ3) is 6.65. The average molecular weight is 331 g/mol. The van der Waals surface area contributed by atoms with Gasteiger partial charge >= 0.3 is 0 Å². The minimum atomic E-state index is 0.0317. The van der Waals surface area contributed by atoms with Gasteiger partial charge in [0.1, 0.15) is 18.1 Å². The van der Waals surface area contributed by atoms with Crippen LogP contribution < -0.4 is 14.8 Å². The minimum absolute atomic E-state index is 0.0317. The summed E-state index contributed by atoms with van der Waals surface area (Å²) >= 11 is 1.61. The van der Waals surface area contributed by atoms with Crippen LogP contribution in [0.4, 0.5) is 0 Å². The Kier molecular flexibility index (Phi) is 7.33. The van der Waals surface area contributed by atoms with Crippen LogP contribution in [0.3, 0.4) is 0 Å². The summed E-state index contributed by atoms with van der Waals surface area (Å²) in [5.74, 6) is 2.89. The molecule has 0 bridgehead atoms. The van der Waals surface area contributed by atoms with E-state index in [1.165, 1.54) is 5.56 Å². The normalized spacial score (nSPS) is 10.1. The number of nitrogens with one attached hydrogen (secondary N) is 1. The van der Waals surface area contributed by atoms with Gasteiger partial charge in [-0.3, -0.25) is 4.79 Å². The van der Waals surface area contributed by atoms with Crippen molar-refractivity contribution in [1.29, 1.82) is 0 Å². The number of methoxy groups -OCH3 is 1. The van der Waals surface area contributed by atoms with Gasteiger partial charge in [-0.2, -0.15) is 0 Å². The number of carbonyl (C=O) groups is 1. The molecule has 0 fully saturated rings. The van der Waals surface area contributed by atoms with E-state index in [-0.39, 0.29) is 5.91 Å². The Morgan fingerprint density at radius 3 is 2.43 bits per heavy atom. The van der Waals surface area contributed by atoms with Gasteiger partial charge in [-0.15, -0.1) is 11.8 Å². The van der Waals surface area contributed by atoms with Crippen LogP contribution in [0.2, 0.25) is 0 Å². The third-order valence-corrected chi connectivity index (χ3v) is 4.10. The van der Waals surface area contributed by atoms with Crippen LogP contribution in [0.15, 0.2) is 54.6 Å². The molecular weight excluding hydrogens is 310 g/mol. The first-order valence-corrected chi connectivity index (χ1v) is 8.58. The molecule has 0 spiro atoms. The molecule has 0 aliphatic heterocycles. The average Bonchev–Trinajstić information content (AvgIpc) is 2.60. The molecule has 2 aromatic carbocycles. The van der Waals surface area contributed by atoms with Gasteiger partial charge in [0, 0.05) is 5.75 Å². The molecule has 0 unspecified atom stereocenters. The van der Waals surface area contributed by atoms with Crippen LogP contribution in [0.5, 0.6) is 11.5 Å². The van der Waals surface area contributed by atoms with Gasteiger partial charge in [0.25, 0.3) is 0 Å². The van der Waals surface area contributed by atoms with Crippen molar-refractivity contribution in [3.05, 3.63) is 60.2 Å². The summed E-state index contributed by atoms with van der Waals surface area (Å²) in [6.45, 7) is 0.943. The van der Waals surface area contributed by atoms with E-state index in [2.05, 4.69) is 17.4 Å². The number of ether oxygens (including phenoxy) is 2. The highest BCUT2D eigenvalue weighted by Crippen LogP contribution is 2.16. The van der Waals surface area contributed by atoms with Gasteiger partial charge in [-0.05, 0) is 29.8 Å². The fraction of sp³-hybridized carbons (Fsp3) is 0.278. The smallest absolute Gasteiger partial charge is 0.230 e. The molecule has 0 aromatic heterocycles. The van der Waals surface area contributed by atoms with Crippen LogP contribution in [-0.4, -0.2) is 31.9 Å². The van der Waals surface area contributed by atoms with Gasteiger partial charge in [0.05, 0.1) is 19.4 Å². The maximum atomic E-state index is 11.7. The molecule has 5 heteroatoms. The van der Waals surface area contributed by atoms with Gasteiger partial charge in [-0.1, -0.05) is 30.3 Å². The number of thioether (sulfide) groups is 1. The van der Waals surface area contributed by atoms with Gasteiger partial charge in [-0.25, -0.2) is 0 Å². The summed E-state index contributed by atoms with van der Waals surface area (Å²) in [6, 6.07) is 17.5. The Morgan fingerprint density at radius 1 is 1.04 bits per heavy atom. The van der Waals surface area contributed by atoms with Crippen molar-refractivity contribution in [2.45, 2.75) is 5.75 Å². The van der Waals surface area contributed by atoms with Crippen molar-refractivity contribution in [3.63, 3.8) is 0 Å². The van der Waals surface area contributed by atoms with Crippen molar-refractivity contribution in [2.24, 2.45) is 0 Å². The van der Waals surface area contributed by atoms with Crippen molar-refractivity contribution < 1.29 is 14.3 Å². The van der Waals surface area contributed by atoms with Crippen LogP contribution in [0.1, 0.15) is 5.56 Å². The van der Waals surface area contributed by atoms with Crippen LogP contribution >= 0.6 is 11.8 Å². The van der Waals surface area contributed by atoms with E-state index < -0.39 is 0 Å². The van der Waals surface area contributed by atoms with Gasteiger partial charge in [0.2, 0.25) is 5.91 Å². The number of carbonyl (C=O) groups excluding carboxylic acids is 1. The lowest BCUT2D eigenvalue weighted by molar-refractivity contribution is -0.118. The first kappa shape index (κ1) is 17.2. The topological polar surface area (TPSA) is 47.6 Å². The second kappa shape index (κ2) is 9.79. The lowest BCUT2D eigenvalue weighted by atomic mass is 10.2. The van der Waals surface area contributed by atoms with Crippen molar-refractivity contribution in [2.75, 3.05) is 26.0 Å². The highest BCUT2D eigenvalue weighted by molar-refractivity contribution is 7.99. The Balaban J connectivity index is 1.55. The second-order valence-electron chi connectivity index (χ2n) is 4.85. The summed E-state index contributed by atoms with van der Waals surface area (Å²) < 4.78 is 10.6. The zero-order chi connectivity index (χ0) is 16.3. The molecule has 0 atom stereocenters. The molecule has 0 heterocycles. The molecule has 0 radical (unpaired) electrons. The third-order valence-electron chi connectivity index (χ3n) is 3.10. The van der Waals surface area contributed by atoms with E-state index in [0.717, 1.165) is 17.3 Å². The molecule has 0 saturated heterocycles. The number of hydrogen-bond donors (Lipinski definition) is 1. The Morgan fingerprint density at radius 2 is 1.74 bits per heavy atom. The molecule has 1 N–H and O–H groups in total. The van der Waals surface area contributed by atoms with E-state index in [9.17, 15) is 4.79 Å². The van der Waals surface area contributed by atoms with E-state index >= 15 is 0 Å². The first-order valence-electron chi connectivity index (χ1n) is 7.43. The van der Waals surface area contributed by atoms with E-state index in [1.807, 2.05) is 42.5 Å². The zero-order valence-corrected chi connectivity index (χ0v) is 14.0. The molecule has 0 aliphatic carbocycles. The lowest BCUT2D eigenvalue weighted by Gasteiger charge is -2.08. The van der Waals surface area contributed by atoms with Gasteiger partial charge in [0.15, 0.2) is 0 Å². The van der Waals surface area contributed by atoms with Crippen LogP contribution in [0.25, 0.3) is 0 Å². The summed E-state index contributed by atoms with van der Waals surface area (Å²) in [6.07, 6.45) is 0. The minimum Gasteiger partial charge on any atom is -0.497 e. The molecule has 122 valence electrons. The standard InChI is InChI=1S/C18H21NO3S/c1-21-16-7-9-17(10-8-16)22-12-11-19-18(20)14-23-13-15-5-3-2-4-6-15/h2-10H,11-14H2,1H3,(H,19,20). The molecule has 4 nitrogen and oxygen atoms in total. The summed E-state index contributed by atoms with van der Waals surface area (Å²) in [5, 5.41) is 2.85. The van der Waals surface area contributed by atoms with Crippen LogP contribution in [-0.2, 0) is 10.5 Å². The summed E-state index contributed by atoms with van der Waals surface area (Å²) in [7, 11) is 1.63. The molecule has 2 rings (SSSR count). The molecule has 23 heavy (non-hydrogen) atoms. The monoisotopic (exact) mass is 331 g/mol. The first-order chi connectivity index (χ1) is 11.3. The highest BCUT2D eigenvalue weighted by Gasteiger charge is 2.02. The molecule has 0 aliphatic rings. The van der Waals surface area contributed by atoms with Gasteiger partial charge < -0.3 is 14.8 Å². The molecule has 0 saturated carbocycles.